The highest BCUT2D eigenvalue weighted by molar-refractivity contribution is 7.15. The van der Waals surface area contributed by atoms with Gasteiger partial charge in [0, 0.05) is 0 Å². The van der Waals surface area contributed by atoms with Crippen LogP contribution in [0.2, 0.25) is 0 Å². The van der Waals surface area contributed by atoms with E-state index in [9.17, 15) is 0 Å². The second kappa shape index (κ2) is 2.69. The van der Waals surface area contributed by atoms with E-state index < -0.39 is 0 Å². The first-order valence-corrected chi connectivity index (χ1v) is 4.52. The molecular weight excluding hydrogens is 176 g/mol. The molecule has 4 nitrogen and oxygen atoms in total. The van der Waals surface area contributed by atoms with Crippen LogP contribution in [-0.4, -0.2) is 11.3 Å². The van der Waals surface area contributed by atoms with Crippen molar-refractivity contribution in [2.24, 2.45) is 0 Å². The first-order chi connectivity index (χ1) is 5.66. The molecule has 0 aliphatic carbocycles. The van der Waals surface area contributed by atoms with E-state index in [4.69, 9.17) is 15.2 Å². The summed E-state index contributed by atoms with van der Waals surface area (Å²) in [5.74, 6) is 0. The molecule has 2 rings (SSSR count). The molecule has 66 valence electrons. The Balaban J connectivity index is 2.17. The Morgan fingerprint density at radius 3 is 2.58 bits per heavy atom. The molecule has 1 saturated heterocycles. The maximum atomic E-state index is 5.53. The molecule has 1 aliphatic rings. The van der Waals surface area contributed by atoms with Crippen LogP contribution in [0.5, 0.6) is 0 Å². The van der Waals surface area contributed by atoms with Crippen molar-refractivity contribution in [1.29, 1.82) is 0 Å². The molecule has 2 N–H and O–H groups in total. The molecule has 0 aromatic carbocycles. The quantitative estimate of drug-likeness (QED) is 0.720. The zero-order chi connectivity index (χ0) is 8.72. The number of aryl methyl sites for hydroxylation is 1. The predicted molar refractivity (Wildman–Crippen MR) is 45.6 cm³/mol. The SMILES string of the molecule is Cc1nc(N)sc1C1OC(C)O1. The van der Waals surface area contributed by atoms with E-state index in [1.54, 1.807) is 0 Å². The van der Waals surface area contributed by atoms with Gasteiger partial charge in [-0.2, -0.15) is 0 Å². The fourth-order valence-electron chi connectivity index (χ4n) is 1.13. The molecule has 2 heterocycles. The highest BCUT2D eigenvalue weighted by atomic mass is 32.1. The largest absolute Gasteiger partial charge is 0.375 e. The van der Waals surface area contributed by atoms with Crippen molar-refractivity contribution in [1.82, 2.24) is 4.98 Å². The van der Waals surface area contributed by atoms with Crippen molar-refractivity contribution in [3.63, 3.8) is 0 Å². The molecule has 0 saturated carbocycles. The Morgan fingerprint density at radius 2 is 2.17 bits per heavy atom. The predicted octanol–water partition coefficient (Wildman–Crippen LogP) is 1.43. The van der Waals surface area contributed by atoms with Crippen molar-refractivity contribution in [3.05, 3.63) is 10.6 Å². The Kier molecular flexibility index (Phi) is 1.79. The number of nitrogens with two attached hydrogens (primary N) is 1. The number of hydrogen-bond acceptors (Lipinski definition) is 5. The minimum atomic E-state index is -0.241. The van der Waals surface area contributed by atoms with Gasteiger partial charge in [-0.3, -0.25) is 0 Å². The Morgan fingerprint density at radius 1 is 1.50 bits per heavy atom. The lowest BCUT2D eigenvalue weighted by Crippen LogP contribution is -2.31. The average Bonchev–Trinajstić information content (AvgIpc) is 2.23. The summed E-state index contributed by atoms with van der Waals surface area (Å²) in [5, 5.41) is 0.564. The van der Waals surface area contributed by atoms with Gasteiger partial charge in [-0.25, -0.2) is 4.98 Å². The Hall–Kier alpha value is -0.650. The van der Waals surface area contributed by atoms with Crippen molar-refractivity contribution in [2.75, 3.05) is 5.73 Å². The van der Waals surface area contributed by atoms with Crippen LogP contribution in [0, 0.1) is 6.92 Å². The van der Waals surface area contributed by atoms with Gasteiger partial charge in [0.05, 0.1) is 10.6 Å². The van der Waals surface area contributed by atoms with Crippen LogP contribution < -0.4 is 5.73 Å². The zero-order valence-electron chi connectivity index (χ0n) is 6.90. The maximum Gasteiger partial charge on any atom is 0.200 e. The number of anilines is 1. The van der Waals surface area contributed by atoms with E-state index in [0.29, 0.717) is 5.13 Å². The fraction of sp³-hybridized carbons (Fsp3) is 0.571. The topological polar surface area (TPSA) is 57.4 Å². The molecule has 0 bridgehead atoms. The molecule has 12 heavy (non-hydrogen) atoms. The molecular formula is C7H10N2O2S. The number of thiazole rings is 1. The lowest BCUT2D eigenvalue weighted by Gasteiger charge is -2.32. The third kappa shape index (κ3) is 1.20. The molecule has 1 fully saturated rings. The van der Waals surface area contributed by atoms with Crippen molar-refractivity contribution >= 4 is 16.5 Å². The molecule has 1 aromatic heterocycles. The summed E-state index contributed by atoms with van der Waals surface area (Å²) in [4.78, 5) is 5.05. The van der Waals surface area contributed by atoms with Crippen LogP contribution in [0.3, 0.4) is 0 Å². The number of ether oxygens (including phenoxy) is 2. The Labute approximate surface area is 74.3 Å². The van der Waals surface area contributed by atoms with E-state index >= 15 is 0 Å². The van der Waals surface area contributed by atoms with E-state index in [0.717, 1.165) is 10.6 Å². The standard InChI is InChI=1S/C7H10N2O2S/c1-3-5(12-7(8)9-3)6-10-4(2)11-6/h4,6H,1-2H3,(H2,8,9). The third-order valence-electron chi connectivity index (χ3n) is 1.69. The number of nitrogens with zero attached hydrogens (tertiary/aromatic N) is 1. The van der Waals surface area contributed by atoms with Gasteiger partial charge < -0.3 is 15.2 Å². The summed E-state index contributed by atoms with van der Waals surface area (Å²) < 4.78 is 10.6. The summed E-state index contributed by atoms with van der Waals surface area (Å²) in [7, 11) is 0. The Bertz CT molecular complexity index is 294. The number of hydrogen-bond donors (Lipinski definition) is 1. The minimum absolute atomic E-state index is 0.0993. The number of aromatic nitrogens is 1. The van der Waals surface area contributed by atoms with Crippen LogP contribution in [0.4, 0.5) is 5.13 Å². The van der Waals surface area contributed by atoms with Crippen LogP contribution >= 0.6 is 11.3 Å². The van der Waals surface area contributed by atoms with Gasteiger partial charge in [-0.1, -0.05) is 11.3 Å². The maximum absolute atomic E-state index is 5.53. The number of nitrogen functional groups attached to an aromatic ring is 1. The smallest absolute Gasteiger partial charge is 0.200 e. The fourth-order valence-corrected chi connectivity index (χ4v) is 1.94. The van der Waals surface area contributed by atoms with Crippen molar-refractivity contribution in [2.45, 2.75) is 26.4 Å². The molecule has 0 amide bonds. The summed E-state index contributed by atoms with van der Waals surface area (Å²) in [6.45, 7) is 3.76. The first-order valence-electron chi connectivity index (χ1n) is 3.70. The summed E-state index contributed by atoms with van der Waals surface area (Å²) in [6, 6.07) is 0. The summed E-state index contributed by atoms with van der Waals surface area (Å²) in [6.07, 6.45) is -0.340. The lowest BCUT2D eigenvalue weighted by molar-refractivity contribution is -0.381. The molecule has 0 unspecified atom stereocenters. The molecule has 0 radical (unpaired) electrons. The highest BCUT2D eigenvalue weighted by Crippen LogP contribution is 2.37. The average molecular weight is 186 g/mol. The first kappa shape index (κ1) is 7.97. The van der Waals surface area contributed by atoms with Gasteiger partial charge in [-0.05, 0) is 13.8 Å². The second-order valence-electron chi connectivity index (χ2n) is 2.67. The molecule has 5 heteroatoms. The second-order valence-corrected chi connectivity index (χ2v) is 3.74. The monoisotopic (exact) mass is 186 g/mol. The van der Waals surface area contributed by atoms with E-state index in [2.05, 4.69) is 4.98 Å². The summed E-state index contributed by atoms with van der Waals surface area (Å²) in [5.41, 5.74) is 6.42. The molecule has 1 aliphatic heterocycles. The van der Waals surface area contributed by atoms with Crippen LogP contribution in [-0.2, 0) is 9.47 Å². The van der Waals surface area contributed by atoms with Crippen LogP contribution in [0.1, 0.15) is 23.8 Å². The zero-order valence-corrected chi connectivity index (χ0v) is 7.72. The van der Waals surface area contributed by atoms with Crippen molar-refractivity contribution in [3.8, 4) is 0 Å². The van der Waals surface area contributed by atoms with E-state index in [1.165, 1.54) is 11.3 Å². The van der Waals surface area contributed by atoms with Crippen LogP contribution in [0.15, 0.2) is 0 Å². The van der Waals surface area contributed by atoms with Gasteiger partial charge in [-0.15, -0.1) is 0 Å². The van der Waals surface area contributed by atoms with Gasteiger partial charge in [0.2, 0.25) is 6.29 Å². The minimum Gasteiger partial charge on any atom is -0.375 e. The van der Waals surface area contributed by atoms with Gasteiger partial charge in [0.1, 0.15) is 0 Å². The highest BCUT2D eigenvalue weighted by Gasteiger charge is 2.31. The van der Waals surface area contributed by atoms with E-state index in [-0.39, 0.29) is 12.6 Å². The van der Waals surface area contributed by atoms with Gasteiger partial charge >= 0.3 is 0 Å². The van der Waals surface area contributed by atoms with Crippen LogP contribution in [0.25, 0.3) is 0 Å². The van der Waals surface area contributed by atoms with Gasteiger partial charge in [0.25, 0.3) is 0 Å². The summed E-state index contributed by atoms with van der Waals surface area (Å²) >= 11 is 1.42. The van der Waals surface area contributed by atoms with E-state index in [1.807, 2.05) is 13.8 Å². The normalized spacial score (nSPS) is 28.5. The molecule has 0 spiro atoms. The van der Waals surface area contributed by atoms with Crippen molar-refractivity contribution < 1.29 is 9.47 Å². The molecule has 0 atom stereocenters. The van der Waals surface area contributed by atoms with Gasteiger partial charge in [0.15, 0.2) is 11.4 Å². The third-order valence-corrected chi connectivity index (χ3v) is 2.70. The number of rotatable bonds is 1. The molecule has 1 aromatic rings. The lowest BCUT2D eigenvalue weighted by atomic mass is 10.3.